The minimum Gasteiger partial charge on any atom is -0.456 e. The average molecular weight is 677 g/mol. The summed E-state index contributed by atoms with van der Waals surface area (Å²) in [5.41, 5.74) is 10.0. The fourth-order valence-electron chi connectivity index (χ4n) is 8.61. The van der Waals surface area contributed by atoms with E-state index in [1.165, 1.54) is 10.8 Å². The van der Waals surface area contributed by atoms with Crippen molar-refractivity contribution in [3.05, 3.63) is 170 Å². The van der Waals surface area contributed by atoms with E-state index >= 15 is 0 Å². The topological polar surface area (TPSA) is 48.8 Å². The number of fused-ring (bicyclic) bond motifs is 13. The Labute approximate surface area is 302 Å². The minimum absolute atomic E-state index is 0.635. The predicted molar refractivity (Wildman–Crippen MR) is 218 cm³/mol. The lowest BCUT2D eigenvalue weighted by atomic mass is 10.1. The zero-order valence-electron chi connectivity index (χ0n) is 28.4. The first-order valence-corrected chi connectivity index (χ1v) is 17.9. The molecule has 0 fully saturated rings. The number of benzene rings is 8. The molecule has 0 saturated heterocycles. The lowest BCUT2D eigenvalue weighted by molar-refractivity contribution is 0.669. The molecule has 4 aromatic heterocycles. The van der Waals surface area contributed by atoms with E-state index in [1.54, 1.807) is 0 Å². The van der Waals surface area contributed by atoms with Crippen LogP contribution in [0.1, 0.15) is 0 Å². The number of nitrogens with zero attached hydrogens (tertiary/aromatic N) is 4. The van der Waals surface area contributed by atoms with Crippen molar-refractivity contribution in [1.82, 2.24) is 19.1 Å². The third-order valence-corrected chi connectivity index (χ3v) is 10.9. The number of hydrogen-bond donors (Lipinski definition) is 0. The summed E-state index contributed by atoms with van der Waals surface area (Å²) < 4.78 is 11.2. The van der Waals surface area contributed by atoms with E-state index < -0.39 is 0 Å². The van der Waals surface area contributed by atoms with Crippen molar-refractivity contribution >= 4 is 87.2 Å². The van der Waals surface area contributed by atoms with Crippen LogP contribution in [0, 0.1) is 0 Å². The molecule has 4 heterocycles. The molecule has 0 amide bonds. The quantitative estimate of drug-likeness (QED) is 0.187. The smallest absolute Gasteiger partial charge is 0.235 e. The van der Waals surface area contributed by atoms with Crippen LogP contribution in [-0.2, 0) is 0 Å². The summed E-state index contributed by atoms with van der Waals surface area (Å²) in [7, 11) is 0. The summed E-state index contributed by atoms with van der Waals surface area (Å²) in [4.78, 5) is 10.7. The molecule has 12 rings (SSSR count). The van der Waals surface area contributed by atoms with Gasteiger partial charge in [-0.1, -0.05) is 127 Å². The molecule has 246 valence electrons. The van der Waals surface area contributed by atoms with Crippen LogP contribution in [-0.4, -0.2) is 19.1 Å². The highest BCUT2D eigenvalue weighted by atomic mass is 16.3. The van der Waals surface area contributed by atoms with Gasteiger partial charge in [-0.25, -0.2) is 9.97 Å². The maximum absolute atomic E-state index is 6.50. The van der Waals surface area contributed by atoms with Crippen molar-refractivity contribution in [2.45, 2.75) is 0 Å². The fourth-order valence-corrected chi connectivity index (χ4v) is 8.61. The maximum atomic E-state index is 6.50. The first-order valence-electron chi connectivity index (χ1n) is 17.9. The van der Waals surface area contributed by atoms with Crippen LogP contribution in [0.25, 0.3) is 110 Å². The van der Waals surface area contributed by atoms with E-state index in [2.05, 4.69) is 167 Å². The zero-order chi connectivity index (χ0) is 34.6. The number of furan rings is 1. The fraction of sp³-hybridized carbons (Fsp3) is 0. The number of hydrogen-bond acceptors (Lipinski definition) is 3. The Morgan fingerprint density at radius 3 is 1.96 bits per heavy atom. The van der Waals surface area contributed by atoms with Gasteiger partial charge < -0.3 is 8.98 Å². The number of rotatable bonds is 3. The molecule has 5 nitrogen and oxygen atoms in total. The molecule has 0 saturated carbocycles. The largest absolute Gasteiger partial charge is 0.456 e. The molecular formula is C48H28N4O. The highest BCUT2D eigenvalue weighted by Crippen LogP contribution is 2.45. The van der Waals surface area contributed by atoms with E-state index in [9.17, 15) is 0 Å². The van der Waals surface area contributed by atoms with Gasteiger partial charge in [0.25, 0.3) is 0 Å². The van der Waals surface area contributed by atoms with E-state index in [4.69, 9.17) is 14.4 Å². The van der Waals surface area contributed by atoms with Gasteiger partial charge in [0.2, 0.25) is 5.95 Å². The van der Waals surface area contributed by atoms with Crippen molar-refractivity contribution in [1.29, 1.82) is 0 Å². The molecule has 0 bridgehead atoms. The van der Waals surface area contributed by atoms with Crippen LogP contribution in [0.4, 0.5) is 0 Å². The molecule has 0 N–H and O–H groups in total. The predicted octanol–water partition coefficient (Wildman–Crippen LogP) is 12.5. The lowest BCUT2D eigenvalue weighted by Crippen LogP contribution is -2.04. The van der Waals surface area contributed by atoms with Crippen LogP contribution in [0.5, 0.6) is 0 Å². The standard InChI is InChI=1S/C48H28N4O/c1-2-13-30(14-3-1)44-37-17-6-9-19-39(37)49-48(50-44)52-40-20-10-7-16-33(40)34-24-25-36-35-26-27-42-43(38-18-8-11-21-41(38)53-42)45(35)51(46(36)47(34)52)32-23-22-29-12-4-5-15-31(29)28-32/h1-28H. The molecule has 8 aromatic carbocycles. The van der Waals surface area contributed by atoms with Gasteiger partial charge in [-0.05, 0) is 53.2 Å². The third kappa shape index (κ3) is 3.96. The Bertz CT molecular complexity index is 3460. The summed E-state index contributed by atoms with van der Waals surface area (Å²) in [5.74, 6) is 0.635. The summed E-state index contributed by atoms with van der Waals surface area (Å²) in [6, 6.07) is 60.0. The van der Waals surface area contributed by atoms with E-state index in [0.717, 1.165) is 93.4 Å². The van der Waals surface area contributed by atoms with Gasteiger partial charge in [0, 0.05) is 43.6 Å². The van der Waals surface area contributed by atoms with E-state index in [1.807, 2.05) is 12.1 Å². The Morgan fingerprint density at radius 2 is 1.08 bits per heavy atom. The van der Waals surface area contributed by atoms with Crippen molar-refractivity contribution in [3.63, 3.8) is 0 Å². The molecule has 0 radical (unpaired) electrons. The number of para-hydroxylation sites is 3. The average Bonchev–Trinajstić information content (AvgIpc) is 3.88. The molecule has 12 aromatic rings. The zero-order valence-corrected chi connectivity index (χ0v) is 28.4. The molecule has 0 unspecified atom stereocenters. The van der Waals surface area contributed by atoms with Crippen LogP contribution in [0.3, 0.4) is 0 Å². The Morgan fingerprint density at radius 1 is 0.415 bits per heavy atom. The van der Waals surface area contributed by atoms with Crippen LogP contribution in [0.2, 0.25) is 0 Å². The van der Waals surface area contributed by atoms with E-state index in [0.29, 0.717) is 5.95 Å². The molecule has 0 aliphatic carbocycles. The van der Waals surface area contributed by atoms with Crippen molar-refractivity contribution in [3.8, 4) is 22.9 Å². The second kappa shape index (κ2) is 10.6. The SMILES string of the molecule is c1ccc(-c2nc(-n3c4ccccc4c4ccc5c6ccc7oc8ccccc8c7c6n(-c6ccc7ccccc7c6)c5c43)nc3ccccc23)cc1. The Balaban J connectivity index is 1.32. The first-order chi connectivity index (χ1) is 26.3. The normalized spacial score (nSPS) is 12.2. The minimum atomic E-state index is 0.635. The van der Waals surface area contributed by atoms with E-state index in [-0.39, 0.29) is 0 Å². The van der Waals surface area contributed by atoms with Gasteiger partial charge in [0.05, 0.1) is 38.7 Å². The van der Waals surface area contributed by atoms with Crippen molar-refractivity contribution < 1.29 is 4.42 Å². The maximum Gasteiger partial charge on any atom is 0.235 e. The molecule has 5 heteroatoms. The molecular weight excluding hydrogens is 649 g/mol. The molecule has 0 aliphatic heterocycles. The summed E-state index contributed by atoms with van der Waals surface area (Å²) in [6.07, 6.45) is 0. The second-order valence-corrected chi connectivity index (χ2v) is 13.8. The van der Waals surface area contributed by atoms with Gasteiger partial charge in [0.1, 0.15) is 11.2 Å². The number of aromatic nitrogens is 4. The molecule has 0 spiro atoms. The van der Waals surface area contributed by atoms with Gasteiger partial charge in [-0.3, -0.25) is 4.57 Å². The summed E-state index contributed by atoms with van der Waals surface area (Å²) >= 11 is 0. The van der Waals surface area contributed by atoms with Crippen LogP contribution in [0.15, 0.2) is 174 Å². The lowest BCUT2D eigenvalue weighted by Gasteiger charge is -2.14. The second-order valence-electron chi connectivity index (χ2n) is 13.8. The van der Waals surface area contributed by atoms with Gasteiger partial charge in [0.15, 0.2) is 0 Å². The van der Waals surface area contributed by atoms with Crippen molar-refractivity contribution in [2.24, 2.45) is 0 Å². The summed E-state index contributed by atoms with van der Waals surface area (Å²) in [6.45, 7) is 0. The van der Waals surface area contributed by atoms with Gasteiger partial charge >= 0.3 is 0 Å². The van der Waals surface area contributed by atoms with Crippen LogP contribution >= 0.6 is 0 Å². The monoisotopic (exact) mass is 676 g/mol. The Hall–Kier alpha value is -7.24. The van der Waals surface area contributed by atoms with Gasteiger partial charge in [-0.15, -0.1) is 0 Å². The first kappa shape index (κ1) is 28.5. The van der Waals surface area contributed by atoms with Crippen molar-refractivity contribution in [2.75, 3.05) is 0 Å². The Kier molecular flexibility index (Phi) is 5.71. The summed E-state index contributed by atoms with van der Waals surface area (Å²) in [5, 5.41) is 10.2. The molecule has 53 heavy (non-hydrogen) atoms. The highest BCUT2D eigenvalue weighted by Gasteiger charge is 2.25. The van der Waals surface area contributed by atoms with Crippen LogP contribution < -0.4 is 0 Å². The molecule has 0 aliphatic rings. The third-order valence-electron chi connectivity index (χ3n) is 10.9. The molecule has 0 atom stereocenters. The highest BCUT2D eigenvalue weighted by molar-refractivity contribution is 6.29. The van der Waals surface area contributed by atoms with Gasteiger partial charge in [-0.2, -0.15) is 0 Å².